The van der Waals surface area contributed by atoms with Gasteiger partial charge in [-0.15, -0.1) is 13.2 Å². The molecule has 3 rings (SSSR count). The zero-order valence-electron chi connectivity index (χ0n) is 15.4. The molecule has 1 aliphatic heterocycles. The average Bonchev–Trinajstić information content (AvgIpc) is 2.59. The molecule has 4 nitrogen and oxygen atoms in total. The van der Waals surface area contributed by atoms with E-state index in [1.165, 1.54) is 24.3 Å². The lowest BCUT2D eigenvalue weighted by Gasteiger charge is -2.56. The van der Waals surface area contributed by atoms with Crippen LogP contribution < -0.4 is 9.47 Å². The number of methoxy groups -OCH3 is 1. The Morgan fingerprint density at radius 1 is 0.926 bits per heavy atom. The lowest BCUT2D eigenvalue weighted by atomic mass is 9.62. The normalized spacial score (nSPS) is 19.1. The molecule has 1 heterocycles. The van der Waals surface area contributed by atoms with E-state index in [4.69, 9.17) is 4.74 Å². The van der Waals surface area contributed by atoms with Crippen molar-refractivity contribution in [1.29, 1.82) is 0 Å². The fourth-order valence-corrected chi connectivity index (χ4v) is 3.97. The van der Waals surface area contributed by atoms with Crippen LogP contribution in [0.4, 0.5) is 13.2 Å². The molecule has 2 aromatic rings. The van der Waals surface area contributed by atoms with Gasteiger partial charge in [-0.2, -0.15) is 0 Å². The first-order valence-electron chi connectivity index (χ1n) is 8.49. The minimum Gasteiger partial charge on any atom is -0.497 e. The lowest BCUT2D eigenvalue weighted by molar-refractivity contribution is -0.274. The second-order valence-corrected chi connectivity index (χ2v) is 7.24. The SMILES string of the molecule is COc1ccc(C(O)(c2ccc(OC(F)(F)F)cc2)C2(C)CN(C)C2)cc1. The van der Waals surface area contributed by atoms with Crippen molar-refractivity contribution in [2.75, 3.05) is 27.2 Å². The number of halogens is 3. The van der Waals surface area contributed by atoms with Crippen LogP contribution in [0.5, 0.6) is 11.5 Å². The summed E-state index contributed by atoms with van der Waals surface area (Å²) in [4.78, 5) is 2.08. The maximum absolute atomic E-state index is 12.4. The summed E-state index contributed by atoms with van der Waals surface area (Å²) in [6.07, 6.45) is -4.75. The van der Waals surface area contributed by atoms with Gasteiger partial charge in [0, 0.05) is 18.5 Å². The third kappa shape index (κ3) is 3.61. The number of hydrogen-bond acceptors (Lipinski definition) is 4. The van der Waals surface area contributed by atoms with E-state index in [9.17, 15) is 18.3 Å². The van der Waals surface area contributed by atoms with Crippen molar-refractivity contribution in [1.82, 2.24) is 4.90 Å². The molecule has 1 atom stereocenters. The third-order valence-corrected chi connectivity index (χ3v) is 5.12. The molecule has 0 bridgehead atoms. The Kier molecular flexibility index (Phi) is 4.86. The summed E-state index contributed by atoms with van der Waals surface area (Å²) < 4.78 is 46.4. The molecule has 1 aliphatic rings. The van der Waals surface area contributed by atoms with Crippen LogP contribution in [0, 0.1) is 5.41 Å². The first-order valence-corrected chi connectivity index (χ1v) is 8.49. The van der Waals surface area contributed by atoms with E-state index in [1.54, 1.807) is 31.4 Å². The van der Waals surface area contributed by atoms with Gasteiger partial charge in [0.05, 0.1) is 7.11 Å². The number of aliphatic hydroxyl groups is 1. The molecule has 27 heavy (non-hydrogen) atoms. The molecule has 7 heteroatoms. The van der Waals surface area contributed by atoms with Crippen molar-refractivity contribution in [3.8, 4) is 11.5 Å². The highest BCUT2D eigenvalue weighted by Crippen LogP contribution is 2.50. The van der Waals surface area contributed by atoms with Gasteiger partial charge < -0.3 is 19.5 Å². The number of ether oxygens (including phenoxy) is 2. The Hall–Kier alpha value is -2.25. The monoisotopic (exact) mass is 381 g/mol. The quantitative estimate of drug-likeness (QED) is 0.856. The van der Waals surface area contributed by atoms with Crippen molar-refractivity contribution in [2.24, 2.45) is 5.41 Å². The van der Waals surface area contributed by atoms with Crippen LogP contribution in [-0.4, -0.2) is 43.6 Å². The standard InChI is InChI=1S/C20H22F3NO3/c1-18(12-24(2)13-18)19(25,14-4-8-16(26-3)9-5-14)15-6-10-17(11-7-15)27-20(21,22)23/h4-11,25H,12-13H2,1-3H3. The number of likely N-dealkylation sites (tertiary alicyclic amines) is 1. The zero-order valence-corrected chi connectivity index (χ0v) is 15.4. The molecular formula is C20H22F3NO3. The summed E-state index contributed by atoms with van der Waals surface area (Å²) in [5.41, 5.74) is -0.702. The molecule has 0 aliphatic carbocycles. The largest absolute Gasteiger partial charge is 0.573 e. The second kappa shape index (κ2) is 6.73. The van der Waals surface area contributed by atoms with Crippen LogP contribution in [0.15, 0.2) is 48.5 Å². The molecule has 2 aromatic carbocycles. The smallest absolute Gasteiger partial charge is 0.497 e. The molecule has 1 unspecified atom stereocenters. The van der Waals surface area contributed by atoms with E-state index in [-0.39, 0.29) is 5.75 Å². The number of hydrogen-bond donors (Lipinski definition) is 1. The summed E-state index contributed by atoms with van der Waals surface area (Å²) in [6, 6.07) is 12.5. The topological polar surface area (TPSA) is 41.9 Å². The molecule has 0 amide bonds. The van der Waals surface area contributed by atoms with Crippen molar-refractivity contribution >= 4 is 0 Å². The number of rotatable bonds is 5. The van der Waals surface area contributed by atoms with Gasteiger partial charge in [-0.25, -0.2) is 0 Å². The summed E-state index contributed by atoms with van der Waals surface area (Å²) in [5.74, 6) is 0.338. The predicted molar refractivity (Wildman–Crippen MR) is 94.7 cm³/mol. The van der Waals surface area contributed by atoms with Gasteiger partial charge in [-0.1, -0.05) is 31.2 Å². The zero-order chi connectivity index (χ0) is 19.9. The van der Waals surface area contributed by atoms with Gasteiger partial charge in [0.1, 0.15) is 17.1 Å². The Bertz CT molecular complexity index is 784. The Labute approximate surface area is 156 Å². The minimum atomic E-state index is -4.75. The Morgan fingerprint density at radius 2 is 1.37 bits per heavy atom. The summed E-state index contributed by atoms with van der Waals surface area (Å²) in [7, 11) is 3.51. The van der Waals surface area contributed by atoms with Gasteiger partial charge in [0.25, 0.3) is 0 Å². The van der Waals surface area contributed by atoms with Gasteiger partial charge in [-0.3, -0.25) is 0 Å². The highest BCUT2D eigenvalue weighted by atomic mass is 19.4. The van der Waals surface area contributed by atoms with E-state index < -0.39 is 17.4 Å². The van der Waals surface area contributed by atoms with Crippen molar-refractivity contribution < 1.29 is 27.8 Å². The summed E-state index contributed by atoms with van der Waals surface area (Å²) in [5, 5.41) is 11.8. The third-order valence-electron chi connectivity index (χ3n) is 5.12. The lowest BCUT2D eigenvalue weighted by Crippen LogP contribution is -2.63. The number of benzene rings is 2. The summed E-state index contributed by atoms with van der Waals surface area (Å²) in [6.45, 7) is 3.27. The second-order valence-electron chi connectivity index (χ2n) is 7.24. The van der Waals surface area contributed by atoms with Crippen LogP contribution in [-0.2, 0) is 5.60 Å². The van der Waals surface area contributed by atoms with Gasteiger partial charge in [0.15, 0.2) is 0 Å². The molecule has 1 N–H and O–H groups in total. The molecule has 1 saturated heterocycles. The fraction of sp³-hybridized carbons (Fsp3) is 0.400. The molecular weight excluding hydrogens is 359 g/mol. The van der Waals surface area contributed by atoms with Gasteiger partial charge >= 0.3 is 6.36 Å². The molecule has 0 saturated carbocycles. The highest BCUT2D eigenvalue weighted by Gasteiger charge is 2.55. The molecule has 0 aromatic heterocycles. The number of alkyl halides is 3. The van der Waals surface area contributed by atoms with Crippen LogP contribution in [0.25, 0.3) is 0 Å². The van der Waals surface area contributed by atoms with Crippen molar-refractivity contribution in [3.63, 3.8) is 0 Å². The Morgan fingerprint density at radius 3 is 1.74 bits per heavy atom. The van der Waals surface area contributed by atoms with E-state index in [0.717, 1.165) is 0 Å². The van der Waals surface area contributed by atoms with Crippen LogP contribution in [0.2, 0.25) is 0 Å². The highest BCUT2D eigenvalue weighted by molar-refractivity contribution is 5.44. The van der Waals surface area contributed by atoms with Crippen LogP contribution >= 0.6 is 0 Å². The number of nitrogens with zero attached hydrogens (tertiary/aromatic N) is 1. The van der Waals surface area contributed by atoms with Gasteiger partial charge in [0.2, 0.25) is 0 Å². The predicted octanol–water partition coefficient (Wildman–Crippen LogP) is 3.78. The molecule has 0 spiro atoms. The van der Waals surface area contributed by atoms with E-state index in [1.807, 2.05) is 14.0 Å². The Balaban J connectivity index is 2.02. The fourth-order valence-electron chi connectivity index (χ4n) is 3.97. The van der Waals surface area contributed by atoms with Gasteiger partial charge in [-0.05, 0) is 42.4 Å². The van der Waals surface area contributed by atoms with Crippen LogP contribution in [0.1, 0.15) is 18.1 Å². The maximum atomic E-state index is 12.4. The first kappa shape index (κ1) is 19.5. The average molecular weight is 381 g/mol. The van der Waals surface area contributed by atoms with E-state index >= 15 is 0 Å². The maximum Gasteiger partial charge on any atom is 0.573 e. The molecule has 1 fully saturated rings. The van der Waals surface area contributed by atoms with E-state index in [2.05, 4.69) is 9.64 Å². The van der Waals surface area contributed by atoms with E-state index in [0.29, 0.717) is 30.0 Å². The van der Waals surface area contributed by atoms with Crippen molar-refractivity contribution in [3.05, 3.63) is 59.7 Å². The first-order chi connectivity index (χ1) is 12.6. The van der Waals surface area contributed by atoms with Crippen molar-refractivity contribution in [2.45, 2.75) is 18.9 Å². The molecule has 0 radical (unpaired) electrons. The summed E-state index contributed by atoms with van der Waals surface area (Å²) >= 11 is 0. The van der Waals surface area contributed by atoms with Crippen LogP contribution in [0.3, 0.4) is 0 Å². The molecule has 146 valence electrons. The minimum absolute atomic E-state index is 0.320.